The van der Waals surface area contributed by atoms with E-state index in [0.29, 0.717) is 13.2 Å². The van der Waals surface area contributed by atoms with E-state index in [2.05, 4.69) is 79.5 Å². The standard InChI is InChI=1S/C22H37IO3Si/c1-7-27(8-2,9-3)26-21(11-10-16-23)22(4,5)18-25-17-19-12-14-20(24-6)15-13-19/h10,12-16,21H,7-9,11,17-18H2,1-6H3/b16-10-/t21-/m0/s1. The number of methoxy groups -OCH3 is 1. The second-order valence-corrected chi connectivity index (χ2v) is 13.2. The minimum absolute atomic E-state index is 0.0413. The molecule has 0 bridgehead atoms. The van der Waals surface area contributed by atoms with Gasteiger partial charge in [0.25, 0.3) is 0 Å². The van der Waals surface area contributed by atoms with Gasteiger partial charge in [0.05, 0.1) is 26.4 Å². The van der Waals surface area contributed by atoms with Crippen molar-refractivity contribution in [3.8, 4) is 5.75 Å². The maximum Gasteiger partial charge on any atom is 0.192 e. The van der Waals surface area contributed by atoms with Gasteiger partial charge in [0, 0.05) is 5.41 Å². The highest BCUT2D eigenvalue weighted by atomic mass is 127. The molecule has 0 saturated heterocycles. The van der Waals surface area contributed by atoms with Crippen molar-refractivity contribution in [1.29, 1.82) is 0 Å². The van der Waals surface area contributed by atoms with Gasteiger partial charge in [-0.05, 0) is 46.3 Å². The second kappa shape index (κ2) is 12.2. The quantitative estimate of drug-likeness (QED) is 0.215. The molecule has 3 nitrogen and oxygen atoms in total. The van der Waals surface area contributed by atoms with E-state index >= 15 is 0 Å². The molecule has 0 radical (unpaired) electrons. The van der Waals surface area contributed by atoms with Crippen LogP contribution in [-0.4, -0.2) is 28.1 Å². The van der Waals surface area contributed by atoms with Gasteiger partial charge >= 0.3 is 0 Å². The smallest absolute Gasteiger partial charge is 0.192 e. The number of rotatable bonds is 13. The first kappa shape index (κ1) is 24.7. The Balaban J connectivity index is 2.76. The Morgan fingerprint density at radius 1 is 1.07 bits per heavy atom. The van der Waals surface area contributed by atoms with Gasteiger partial charge in [0.1, 0.15) is 5.75 Å². The van der Waals surface area contributed by atoms with Crippen LogP contribution in [0.2, 0.25) is 18.1 Å². The van der Waals surface area contributed by atoms with Crippen molar-refractivity contribution >= 4 is 30.9 Å². The summed E-state index contributed by atoms with van der Waals surface area (Å²) in [5.74, 6) is 0.873. The fraction of sp³-hybridized carbons (Fsp3) is 0.636. The molecule has 154 valence electrons. The Hall–Kier alpha value is -0.373. The molecule has 0 aliphatic rings. The van der Waals surface area contributed by atoms with Crippen molar-refractivity contribution in [3.05, 3.63) is 40.0 Å². The molecule has 0 heterocycles. The number of hydrogen-bond acceptors (Lipinski definition) is 3. The summed E-state index contributed by atoms with van der Waals surface area (Å²) < 4.78 is 20.3. The van der Waals surface area contributed by atoms with Crippen molar-refractivity contribution in [1.82, 2.24) is 0 Å². The average Bonchev–Trinajstić information content (AvgIpc) is 2.69. The number of hydrogen-bond donors (Lipinski definition) is 0. The van der Waals surface area contributed by atoms with Gasteiger partial charge in [-0.3, -0.25) is 0 Å². The van der Waals surface area contributed by atoms with Crippen molar-refractivity contribution in [2.24, 2.45) is 5.41 Å². The van der Waals surface area contributed by atoms with Crippen LogP contribution in [0, 0.1) is 5.41 Å². The molecule has 5 heteroatoms. The third kappa shape index (κ3) is 7.87. The van der Waals surface area contributed by atoms with Crippen molar-refractivity contribution in [2.75, 3.05) is 13.7 Å². The normalized spacial score (nSPS) is 13.9. The van der Waals surface area contributed by atoms with Crippen LogP contribution in [-0.2, 0) is 15.8 Å². The van der Waals surface area contributed by atoms with E-state index in [1.54, 1.807) is 7.11 Å². The number of benzene rings is 1. The van der Waals surface area contributed by atoms with Gasteiger partial charge in [0.15, 0.2) is 8.32 Å². The SMILES string of the molecule is CC[Si](CC)(CC)O[C@@H](C/C=C\I)C(C)(C)COCc1ccc(OC)cc1. The van der Waals surface area contributed by atoms with Crippen LogP contribution in [0.3, 0.4) is 0 Å². The molecule has 0 unspecified atom stereocenters. The molecule has 0 fully saturated rings. The predicted molar refractivity (Wildman–Crippen MR) is 126 cm³/mol. The molecule has 0 aromatic heterocycles. The first-order chi connectivity index (χ1) is 12.9. The zero-order valence-electron chi connectivity index (χ0n) is 17.9. The van der Waals surface area contributed by atoms with Crippen LogP contribution < -0.4 is 4.74 Å². The first-order valence-corrected chi connectivity index (χ1v) is 13.8. The van der Waals surface area contributed by atoms with Crippen LogP contribution in [0.5, 0.6) is 5.75 Å². The van der Waals surface area contributed by atoms with Crippen LogP contribution in [0.1, 0.15) is 46.6 Å². The Labute approximate surface area is 181 Å². The van der Waals surface area contributed by atoms with Crippen LogP contribution >= 0.6 is 22.6 Å². The highest BCUT2D eigenvalue weighted by Crippen LogP contribution is 2.33. The lowest BCUT2D eigenvalue weighted by atomic mass is 9.86. The van der Waals surface area contributed by atoms with Gasteiger partial charge in [-0.25, -0.2) is 0 Å². The summed E-state index contributed by atoms with van der Waals surface area (Å²) in [4.78, 5) is 0. The van der Waals surface area contributed by atoms with E-state index < -0.39 is 8.32 Å². The Bertz CT molecular complexity index is 545. The molecule has 0 amide bonds. The summed E-state index contributed by atoms with van der Waals surface area (Å²) in [7, 11) is 0.0254. The monoisotopic (exact) mass is 504 g/mol. The first-order valence-electron chi connectivity index (χ1n) is 10.00. The van der Waals surface area contributed by atoms with Gasteiger partial charge in [-0.15, -0.1) is 0 Å². The summed E-state index contributed by atoms with van der Waals surface area (Å²) in [6.45, 7) is 12.7. The topological polar surface area (TPSA) is 27.7 Å². The fourth-order valence-corrected chi connectivity index (χ4v) is 6.56. The number of halogens is 1. The minimum Gasteiger partial charge on any atom is -0.497 e. The lowest BCUT2D eigenvalue weighted by Crippen LogP contribution is -2.46. The lowest BCUT2D eigenvalue weighted by molar-refractivity contribution is -0.0206. The van der Waals surface area contributed by atoms with E-state index in [1.165, 1.54) is 18.1 Å². The zero-order valence-corrected chi connectivity index (χ0v) is 21.0. The predicted octanol–water partition coefficient (Wildman–Crippen LogP) is 6.97. The van der Waals surface area contributed by atoms with Gasteiger partial charge in [0.2, 0.25) is 0 Å². The summed E-state index contributed by atoms with van der Waals surface area (Å²) >= 11 is 2.29. The lowest BCUT2D eigenvalue weighted by Gasteiger charge is -2.41. The molecule has 1 atom stereocenters. The molecule has 1 aromatic carbocycles. The summed E-state index contributed by atoms with van der Waals surface area (Å²) in [5, 5.41) is 0. The molecule has 0 N–H and O–H groups in total. The van der Waals surface area contributed by atoms with Crippen molar-refractivity contribution in [2.45, 2.75) is 71.9 Å². The number of ether oxygens (including phenoxy) is 2. The molecule has 0 aliphatic heterocycles. The molecule has 0 spiro atoms. The molecular weight excluding hydrogens is 467 g/mol. The third-order valence-electron chi connectivity index (χ3n) is 5.54. The highest BCUT2D eigenvalue weighted by molar-refractivity contribution is 14.1. The average molecular weight is 505 g/mol. The third-order valence-corrected chi connectivity index (χ3v) is 10.7. The van der Waals surface area contributed by atoms with E-state index in [-0.39, 0.29) is 11.5 Å². The summed E-state index contributed by atoms with van der Waals surface area (Å²) in [6, 6.07) is 11.6. The zero-order chi connectivity index (χ0) is 20.3. The van der Waals surface area contributed by atoms with Crippen LogP contribution in [0.4, 0.5) is 0 Å². The van der Waals surface area contributed by atoms with Crippen LogP contribution in [0.25, 0.3) is 0 Å². The summed E-state index contributed by atoms with van der Waals surface area (Å²) in [5.41, 5.74) is 1.12. The maximum atomic E-state index is 6.87. The fourth-order valence-electron chi connectivity index (χ4n) is 3.25. The van der Waals surface area contributed by atoms with E-state index in [4.69, 9.17) is 13.9 Å². The van der Waals surface area contributed by atoms with Crippen molar-refractivity contribution in [3.63, 3.8) is 0 Å². The second-order valence-electron chi connectivity index (χ2n) is 7.78. The molecular formula is C22H37IO3Si. The van der Waals surface area contributed by atoms with Gasteiger partial charge < -0.3 is 13.9 Å². The van der Waals surface area contributed by atoms with E-state index in [1.807, 2.05) is 12.1 Å². The molecule has 0 saturated carbocycles. The molecule has 27 heavy (non-hydrogen) atoms. The van der Waals surface area contributed by atoms with Crippen molar-refractivity contribution < 1.29 is 13.9 Å². The van der Waals surface area contributed by atoms with Crippen LogP contribution in [0.15, 0.2) is 34.4 Å². The minimum atomic E-state index is -1.66. The molecule has 1 aromatic rings. The summed E-state index contributed by atoms with van der Waals surface area (Å²) in [6.07, 6.45) is 3.35. The van der Waals surface area contributed by atoms with Gasteiger partial charge in [-0.2, -0.15) is 0 Å². The molecule has 1 rings (SSSR count). The highest BCUT2D eigenvalue weighted by Gasteiger charge is 2.38. The van der Waals surface area contributed by atoms with Gasteiger partial charge in [-0.1, -0.05) is 75.4 Å². The molecule has 0 aliphatic carbocycles. The Morgan fingerprint density at radius 2 is 1.67 bits per heavy atom. The largest absolute Gasteiger partial charge is 0.497 e. The van der Waals surface area contributed by atoms with E-state index in [9.17, 15) is 0 Å². The Kier molecular flexibility index (Phi) is 11.2. The Morgan fingerprint density at radius 3 is 2.15 bits per heavy atom. The maximum absolute atomic E-state index is 6.87. The van der Waals surface area contributed by atoms with E-state index in [0.717, 1.165) is 17.7 Å².